The number of carbonyl (C=O) groups excluding carboxylic acids is 1. The second-order valence-corrected chi connectivity index (χ2v) is 12.7. The van der Waals surface area contributed by atoms with Crippen LogP contribution < -0.4 is 26.4 Å². The highest BCUT2D eigenvalue weighted by Gasteiger charge is 2.21. The van der Waals surface area contributed by atoms with Crippen LogP contribution in [0.1, 0.15) is 24.0 Å². The molecular weight excluding hydrogens is 619 g/mol. The molecular formula is C36H34Cl2N6O2. The van der Waals surface area contributed by atoms with Crippen molar-refractivity contribution in [3.8, 4) is 33.4 Å². The summed E-state index contributed by atoms with van der Waals surface area (Å²) in [5.41, 5.74) is 8.76. The number of fused-ring (bicyclic) bond motifs is 2. The van der Waals surface area contributed by atoms with E-state index in [1.54, 1.807) is 16.8 Å². The molecule has 5 aromatic rings. The lowest BCUT2D eigenvalue weighted by Crippen LogP contribution is -2.36. The molecule has 0 aliphatic carbocycles. The van der Waals surface area contributed by atoms with Crippen molar-refractivity contribution in [3.63, 3.8) is 0 Å². The summed E-state index contributed by atoms with van der Waals surface area (Å²) in [5.74, 6) is 0.0732. The minimum absolute atomic E-state index is 0.0732. The number of pyridine rings is 1. The van der Waals surface area contributed by atoms with Crippen LogP contribution in [0.15, 0.2) is 83.9 Å². The lowest BCUT2D eigenvalue weighted by molar-refractivity contribution is -0.119. The zero-order valence-corrected chi connectivity index (χ0v) is 27.0. The first-order valence-corrected chi connectivity index (χ1v) is 16.3. The van der Waals surface area contributed by atoms with Gasteiger partial charge in [0.05, 0.1) is 10.0 Å². The Bertz CT molecular complexity index is 2030. The van der Waals surface area contributed by atoms with E-state index in [1.165, 1.54) is 11.3 Å². The number of rotatable bonds is 7. The molecule has 0 saturated carbocycles. The van der Waals surface area contributed by atoms with E-state index in [0.717, 1.165) is 59.4 Å². The first-order valence-electron chi connectivity index (χ1n) is 15.5. The summed E-state index contributed by atoms with van der Waals surface area (Å²) in [6.45, 7) is 3.70. The minimum atomic E-state index is -0.136. The number of hydrogen-bond donors (Lipinski definition) is 3. The number of halogens is 2. The lowest BCUT2D eigenvalue weighted by atomic mass is 9.95. The summed E-state index contributed by atoms with van der Waals surface area (Å²) in [4.78, 5) is 31.5. The Morgan fingerprint density at radius 2 is 1.65 bits per heavy atom. The number of anilines is 1. The molecule has 0 spiro atoms. The largest absolute Gasteiger partial charge is 0.373 e. The van der Waals surface area contributed by atoms with Crippen molar-refractivity contribution in [1.29, 1.82) is 0 Å². The van der Waals surface area contributed by atoms with Crippen molar-refractivity contribution >= 4 is 40.4 Å². The summed E-state index contributed by atoms with van der Waals surface area (Å²) in [6.07, 6.45) is 4.70. The molecule has 0 bridgehead atoms. The van der Waals surface area contributed by atoms with E-state index in [2.05, 4.69) is 51.1 Å². The van der Waals surface area contributed by atoms with E-state index < -0.39 is 0 Å². The Morgan fingerprint density at radius 1 is 0.935 bits per heavy atom. The number of amides is 1. The van der Waals surface area contributed by atoms with Crippen LogP contribution in [-0.4, -0.2) is 48.0 Å². The van der Waals surface area contributed by atoms with Gasteiger partial charge in [0.25, 0.3) is 5.56 Å². The van der Waals surface area contributed by atoms with Gasteiger partial charge in [-0.15, -0.1) is 0 Å². The van der Waals surface area contributed by atoms with Crippen LogP contribution in [0.25, 0.3) is 39.0 Å². The summed E-state index contributed by atoms with van der Waals surface area (Å²) in [7, 11) is 2.12. The van der Waals surface area contributed by atoms with E-state index in [1.807, 2.05) is 48.5 Å². The molecule has 7 rings (SSSR count). The normalized spacial score (nSPS) is 16.4. The Balaban J connectivity index is 1.17. The fraction of sp³-hybridized carbons (Fsp3) is 0.250. The first kappa shape index (κ1) is 30.4. The molecule has 10 heteroatoms. The number of carbonyl (C=O) groups is 1. The molecule has 2 aliphatic heterocycles. The van der Waals surface area contributed by atoms with Crippen LogP contribution in [0, 0.1) is 0 Å². The maximum Gasteiger partial charge on any atom is 0.262 e. The van der Waals surface area contributed by atoms with Gasteiger partial charge in [-0.2, -0.15) is 0 Å². The molecule has 0 radical (unpaired) electrons. The van der Waals surface area contributed by atoms with E-state index in [9.17, 15) is 9.59 Å². The van der Waals surface area contributed by atoms with Gasteiger partial charge in [-0.25, -0.2) is 4.98 Å². The van der Waals surface area contributed by atoms with Crippen LogP contribution in [0.3, 0.4) is 0 Å². The predicted octanol–water partition coefficient (Wildman–Crippen LogP) is 5.91. The fourth-order valence-corrected chi connectivity index (χ4v) is 7.04. The fourth-order valence-electron chi connectivity index (χ4n) is 6.37. The van der Waals surface area contributed by atoms with Crippen molar-refractivity contribution in [1.82, 2.24) is 25.3 Å². The third kappa shape index (κ3) is 5.89. The van der Waals surface area contributed by atoms with E-state index in [4.69, 9.17) is 23.2 Å². The van der Waals surface area contributed by atoms with Crippen molar-refractivity contribution in [2.45, 2.75) is 32.0 Å². The molecule has 1 fully saturated rings. The van der Waals surface area contributed by atoms with Gasteiger partial charge in [0.15, 0.2) is 0 Å². The molecule has 1 saturated heterocycles. The summed E-state index contributed by atoms with van der Waals surface area (Å²) < 4.78 is 1.55. The van der Waals surface area contributed by atoms with Gasteiger partial charge in [-0.3, -0.25) is 14.0 Å². The SMILES string of the molecule is CN1CCNCc2ccc(-c3cccc(-c4cccc(-c5ccn6c(=O)c(CNC[C@H]7CCC(=O)N7)cnc6c5)c4Cl)c3Cl)cc21. The first-order chi connectivity index (χ1) is 22.4. The molecule has 3 aromatic carbocycles. The molecule has 0 unspecified atom stereocenters. The van der Waals surface area contributed by atoms with E-state index in [-0.39, 0.29) is 17.5 Å². The van der Waals surface area contributed by atoms with Gasteiger partial charge in [0.2, 0.25) is 5.91 Å². The molecule has 4 heterocycles. The van der Waals surface area contributed by atoms with Gasteiger partial charge in [0.1, 0.15) is 5.65 Å². The van der Waals surface area contributed by atoms with E-state index >= 15 is 0 Å². The molecule has 3 N–H and O–H groups in total. The Labute approximate surface area is 277 Å². The Hall–Kier alpha value is -4.21. The zero-order chi connectivity index (χ0) is 31.8. The minimum Gasteiger partial charge on any atom is -0.373 e. The summed E-state index contributed by atoms with van der Waals surface area (Å²) in [5, 5.41) is 10.9. The van der Waals surface area contributed by atoms with Crippen molar-refractivity contribution in [2.24, 2.45) is 0 Å². The highest BCUT2D eigenvalue weighted by atomic mass is 35.5. The highest BCUT2D eigenvalue weighted by molar-refractivity contribution is 6.39. The summed E-state index contributed by atoms with van der Waals surface area (Å²) >= 11 is 14.2. The number of likely N-dealkylation sites (N-methyl/N-ethyl adjacent to an activating group) is 1. The molecule has 2 aromatic heterocycles. The molecule has 8 nitrogen and oxygen atoms in total. The second-order valence-electron chi connectivity index (χ2n) is 11.9. The topological polar surface area (TPSA) is 90.8 Å². The van der Waals surface area contributed by atoms with Crippen LogP contribution in [0.2, 0.25) is 10.0 Å². The maximum absolute atomic E-state index is 13.2. The number of nitrogens with zero attached hydrogens (tertiary/aromatic N) is 3. The zero-order valence-electron chi connectivity index (χ0n) is 25.4. The number of aromatic nitrogens is 2. The standard InChI is InChI=1S/C36H34Cl2N6O2/c1-43-15-13-39-18-24-9-8-22(16-31(24)43)27-4-2-6-29(34(27)37)30-7-3-5-28(35(30)38)23-12-14-44-32(17-23)41-20-25(36(44)46)19-40-21-26-10-11-33(45)42-26/h2-9,12,14,16-17,20,26,39-40H,10-11,13,15,18-19,21H2,1H3,(H,42,45)/t26-/m1/s1. The second kappa shape index (κ2) is 12.9. The van der Waals surface area contributed by atoms with Gasteiger partial charge >= 0.3 is 0 Å². The summed E-state index contributed by atoms with van der Waals surface area (Å²) in [6, 6.07) is 22.3. The van der Waals surface area contributed by atoms with Gasteiger partial charge < -0.3 is 20.9 Å². The van der Waals surface area contributed by atoms with Crippen LogP contribution >= 0.6 is 23.2 Å². The monoisotopic (exact) mass is 652 g/mol. The number of benzene rings is 3. The van der Waals surface area contributed by atoms with Gasteiger partial charge in [-0.05, 0) is 41.3 Å². The lowest BCUT2D eigenvalue weighted by Gasteiger charge is -2.20. The van der Waals surface area contributed by atoms with Gasteiger partial charge in [0, 0.05) is 98.1 Å². The molecule has 46 heavy (non-hydrogen) atoms. The van der Waals surface area contributed by atoms with Crippen LogP contribution in [-0.2, 0) is 17.9 Å². The quantitative estimate of drug-likeness (QED) is 0.203. The highest BCUT2D eigenvalue weighted by Crippen LogP contribution is 2.43. The average Bonchev–Trinajstić information content (AvgIpc) is 3.39. The van der Waals surface area contributed by atoms with Crippen molar-refractivity contribution in [2.75, 3.05) is 31.6 Å². The molecule has 1 amide bonds. The van der Waals surface area contributed by atoms with Crippen LogP contribution in [0.4, 0.5) is 5.69 Å². The van der Waals surface area contributed by atoms with Crippen molar-refractivity contribution in [3.05, 3.63) is 111 Å². The molecule has 2 aliphatic rings. The van der Waals surface area contributed by atoms with Crippen molar-refractivity contribution < 1.29 is 4.79 Å². The smallest absolute Gasteiger partial charge is 0.262 e. The Morgan fingerprint density at radius 3 is 2.37 bits per heavy atom. The predicted molar refractivity (Wildman–Crippen MR) is 186 cm³/mol. The van der Waals surface area contributed by atoms with E-state index in [0.29, 0.717) is 40.8 Å². The Kier molecular flexibility index (Phi) is 8.53. The number of hydrogen-bond acceptors (Lipinski definition) is 6. The van der Waals surface area contributed by atoms with Crippen LogP contribution in [0.5, 0.6) is 0 Å². The molecule has 1 atom stereocenters. The average molecular weight is 654 g/mol. The third-order valence-corrected chi connectivity index (χ3v) is 9.73. The maximum atomic E-state index is 13.2. The molecule has 234 valence electrons. The number of nitrogens with one attached hydrogen (secondary N) is 3. The third-order valence-electron chi connectivity index (χ3n) is 8.92. The van der Waals surface area contributed by atoms with Gasteiger partial charge in [-0.1, -0.05) is 71.7 Å².